The Kier molecular flexibility index (Phi) is 4.56. The van der Waals surface area contributed by atoms with Crippen LogP contribution in [0.3, 0.4) is 0 Å². The Balaban J connectivity index is 2.32. The van der Waals surface area contributed by atoms with E-state index in [0.717, 1.165) is 19.3 Å². The first-order chi connectivity index (χ1) is 9.19. The number of carboxylic acids is 1. The number of carboxylic acid groups (broad SMARTS) is 1. The monoisotopic (exact) mass is 264 g/mol. The van der Waals surface area contributed by atoms with Crippen LogP contribution < -0.4 is 0 Å². The van der Waals surface area contributed by atoms with Crippen molar-refractivity contribution in [3.8, 4) is 0 Å². The number of hydrogen-bond donors (Lipinski definition) is 1. The maximum atomic E-state index is 11.8. The number of rotatable bonds is 6. The lowest BCUT2D eigenvalue weighted by Crippen LogP contribution is -2.41. The molecule has 1 N–H and O–H groups in total. The third-order valence-electron chi connectivity index (χ3n) is 3.41. The highest BCUT2D eigenvalue weighted by atomic mass is 16.7. The molecule has 0 aromatic heterocycles. The Labute approximate surface area is 113 Å². The zero-order valence-electron chi connectivity index (χ0n) is 11.2. The highest BCUT2D eigenvalue weighted by Gasteiger charge is 2.43. The maximum Gasteiger partial charge on any atom is 0.340 e. The molecule has 1 aliphatic heterocycles. The summed E-state index contributed by atoms with van der Waals surface area (Å²) in [5, 5.41) is 9.69. The van der Waals surface area contributed by atoms with Crippen molar-refractivity contribution in [2.75, 3.05) is 6.61 Å². The molecule has 0 spiro atoms. The minimum absolute atomic E-state index is 0.414. The molecule has 1 fully saturated rings. The molecule has 0 bridgehead atoms. The quantitative estimate of drug-likeness (QED) is 0.858. The van der Waals surface area contributed by atoms with Gasteiger partial charge in [-0.1, -0.05) is 43.7 Å². The third kappa shape index (κ3) is 2.96. The average molecular weight is 264 g/mol. The van der Waals surface area contributed by atoms with Crippen LogP contribution >= 0.6 is 0 Å². The van der Waals surface area contributed by atoms with E-state index < -0.39 is 17.9 Å². The molecule has 1 heterocycles. The molecule has 1 aromatic rings. The molecule has 0 saturated carbocycles. The first kappa shape index (κ1) is 14.0. The molecule has 0 amide bonds. The zero-order valence-corrected chi connectivity index (χ0v) is 11.2. The molecular formula is C15H20O4. The van der Waals surface area contributed by atoms with Gasteiger partial charge >= 0.3 is 5.97 Å². The Morgan fingerprint density at radius 2 is 2.21 bits per heavy atom. The number of carbonyl (C=O) groups is 1. The van der Waals surface area contributed by atoms with E-state index in [-0.39, 0.29) is 0 Å². The predicted octanol–water partition coefficient (Wildman–Crippen LogP) is 2.92. The topological polar surface area (TPSA) is 55.8 Å². The van der Waals surface area contributed by atoms with Gasteiger partial charge in [0.15, 0.2) is 11.9 Å². The lowest BCUT2D eigenvalue weighted by molar-refractivity contribution is -0.214. The lowest BCUT2D eigenvalue weighted by atomic mass is 9.89. The van der Waals surface area contributed by atoms with Crippen LogP contribution in [-0.4, -0.2) is 24.0 Å². The minimum Gasteiger partial charge on any atom is -0.479 e. The van der Waals surface area contributed by atoms with Gasteiger partial charge in [0.1, 0.15) is 0 Å². The van der Waals surface area contributed by atoms with Crippen molar-refractivity contribution in [2.45, 2.75) is 44.5 Å². The van der Waals surface area contributed by atoms with Gasteiger partial charge < -0.3 is 14.6 Å². The second kappa shape index (κ2) is 6.17. The van der Waals surface area contributed by atoms with E-state index in [1.54, 1.807) is 12.1 Å². The smallest absolute Gasteiger partial charge is 0.340 e. The van der Waals surface area contributed by atoms with Crippen molar-refractivity contribution in [3.63, 3.8) is 0 Å². The van der Waals surface area contributed by atoms with Gasteiger partial charge in [0, 0.05) is 13.0 Å². The predicted molar refractivity (Wildman–Crippen MR) is 70.7 cm³/mol. The molecule has 1 aliphatic rings. The van der Waals surface area contributed by atoms with E-state index in [1.807, 2.05) is 25.1 Å². The first-order valence-corrected chi connectivity index (χ1v) is 6.77. The number of aliphatic carboxylic acids is 1. The average Bonchev–Trinajstić information content (AvgIpc) is 2.91. The van der Waals surface area contributed by atoms with Crippen LogP contribution in [0.2, 0.25) is 0 Å². The summed E-state index contributed by atoms with van der Waals surface area (Å²) in [5.41, 5.74) is -0.620. The van der Waals surface area contributed by atoms with Gasteiger partial charge in [-0.05, 0) is 18.4 Å². The van der Waals surface area contributed by atoms with Crippen molar-refractivity contribution < 1.29 is 19.4 Å². The summed E-state index contributed by atoms with van der Waals surface area (Å²) in [4.78, 5) is 11.8. The Morgan fingerprint density at radius 1 is 1.47 bits per heavy atom. The Morgan fingerprint density at radius 3 is 2.74 bits per heavy atom. The highest BCUT2D eigenvalue weighted by Crippen LogP contribution is 2.35. The number of hydrogen-bond acceptors (Lipinski definition) is 3. The molecule has 2 atom stereocenters. The largest absolute Gasteiger partial charge is 0.479 e. The van der Waals surface area contributed by atoms with Gasteiger partial charge in [0.05, 0.1) is 0 Å². The number of benzene rings is 1. The Hall–Kier alpha value is -1.39. The summed E-state index contributed by atoms with van der Waals surface area (Å²) < 4.78 is 11.3. The van der Waals surface area contributed by atoms with Crippen LogP contribution in [0.15, 0.2) is 30.3 Å². The van der Waals surface area contributed by atoms with Crippen molar-refractivity contribution in [1.29, 1.82) is 0 Å². The van der Waals surface area contributed by atoms with Gasteiger partial charge in [0.2, 0.25) is 0 Å². The third-order valence-corrected chi connectivity index (χ3v) is 3.41. The summed E-state index contributed by atoms with van der Waals surface area (Å²) in [5.74, 6) is -0.948. The second-order valence-electron chi connectivity index (χ2n) is 4.81. The molecular weight excluding hydrogens is 244 g/mol. The molecule has 19 heavy (non-hydrogen) atoms. The van der Waals surface area contributed by atoms with Crippen molar-refractivity contribution >= 4 is 5.97 Å². The molecule has 0 aliphatic carbocycles. The molecule has 1 saturated heterocycles. The maximum absolute atomic E-state index is 11.8. The fraction of sp³-hybridized carbons (Fsp3) is 0.533. The first-order valence-electron chi connectivity index (χ1n) is 6.77. The molecule has 4 heteroatoms. The van der Waals surface area contributed by atoms with Gasteiger partial charge in [-0.2, -0.15) is 0 Å². The zero-order chi connectivity index (χ0) is 13.7. The van der Waals surface area contributed by atoms with E-state index in [4.69, 9.17) is 9.47 Å². The lowest BCUT2D eigenvalue weighted by Gasteiger charge is -2.32. The van der Waals surface area contributed by atoms with E-state index in [2.05, 4.69) is 0 Å². The summed E-state index contributed by atoms with van der Waals surface area (Å²) in [6.07, 6.45) is 2.43. The van der Waals surface area contributed by atoms with Crippen LogP contribution in [0.4, 0.5) is 0 Å². The molecule has 1 aromatic carbocycles. The second-order valence-corrected chi connectivity index (χ2v) is 4.81. The van der Waals surface area contributed by atoms with Crippen molar-refractivity contribution in [3.05, 3.63) is 35.9 Å². The molecule has 2 rings (SSSR count). The van der Waals surface area contributed by atoms with Crippen LogP contribution in [0.25, 0.3) is 0 Å². The molecule has 2 unspecified atom stereocenters. The summed E-state index contributed by atoms with van der Waals surface area (Å²) in [6, 6.07) is 9.15. The summed E-state index contributed by atoms with van der Waals surface area (Å²) >= 11 is 0. The molecule has 4 nitrogen and oxygen atoms in total. The van der Waals surface area contributed by atoms with Crippen LogP contribution in [0, 0.1) is 0 Å². The van der Waals surface area contributed by atoms with E-state index >= 15 is 0 Å². The molecule has 0 radical (unpaired) electrons. The van der Waals surface area contributed by atoms with Gasteiger partial charge in [0.25, 0.3) is 0 Å². The fourth-order valence-corrected chi connectivity index (χ4v) is 2.48. The van der Waals surface area contributed by atoms with Gasteiger partial charge in [-0.25, -0.2) is 4.79 Å². The van der Waals surface area contributed by atoms with Crippen LogP contribution in [0.1, 0.15) is 38.2 Å². The van der Waals surface area contributed by atoms with Gasteiger partial charge in [-0.3, -0.25) is 0 Å². The van der Waals surface area contributed by atoms with E-state index in [9.17, 15) is 9.90 Å². The SMILES string of the molecule is CCCC(OC1CCCO1)(C(=O)O)c1ccccc1. The summed E-state index contributed by atoms with van der Waals surface area (Å²) in [7, 11) is 0. The summed E-state index contributed by atoms with van der Waals surface area (Å²) in [6.45, 7) is 2.60. The fourth-order valence-electron chi connectivity index (χ4n) is 2.48. The van der Waals surface area contributed by atoms with E-state index in [1.165, 1.54) is 0 Å². The van der Waals surface area contributed by atoms with Crippen LogP contribution in [-0.2, 0) is 19.9 Å². The van der Waals surface area contributed by atoms with Crippen molar-refractivity contribution in [2.24, 2.45) is 0 Å². The van der Waals surface area contributed by atoms with Gasteiger partial charge in [-0.15, -0.1) is 0 Å². The molecule has 104 valence electrons. The number of ether oxygens (including phenoxy) is 2. The Bertz CT molecular complexity index is 411. The van der Waals surface area contributed by atoms with Crippen LogP contribution in [0.5, 0.6) is 0 Å². The highest BCUT2D eigenvalue weighted by molar-refractivity contribution is 5.79. The van der Waals surface area contributed by atoms with E-state index in [0.29, 0.717) is 18.6 Å². The van der Waals surface area contributed by atoms with Crippen molar-refractivity contribution in [1.82, 2.24) is 0 Å². The minimum atomic E-state index is -1.30. The standard InChI is InChI=1S/C15H20O4/c1-2-10-15(14(16)17,12-7-4-3-5-8-12)19-13-9-6-11-18-13/h3-5,7-8,13H,2,6,9-11H2,1H3,(H,16,17). The normalized spacial score (nSPS) is 22.1.